The molecule has 2 heterocycles. The highest BCUT2D eigenvalue weighted by atomic mass is 32.1. The molecule has 0 atom stereocenters. The summed E-state index contributed by atoms with van der Waals surface area (Å²) in [6, 6.07) is 0.247. The number of aryl methyl sites for hydroxylation is 1. The smallest absolute Gasteiger partial charge is 0.265 e. The molecule has 0 radical (unpaired) electrons. The minimum Gasteiger partial charge on any atom is -0.382 e. The largest absolute Gasteiger partial charge is 0.382 e. The molecule has 20 heavy (non-hydrogen) atoms. The van der Waals surface area contributed by atoms with Crippen LogP contribution in [0.2, 0.25) is 0 Å². The van der Waals surface area contributed by atoms with Gasteiger partial charge in [-0.2, -0.15) is 0 Å². The number of nitrogens with zero attached hydrogens (tertiary/aromatic N) is 2. The van der Waals surface area contributed by atoms with Gasteiger partial charge in [-0.15, -0.1) is 11.3 Å². The van der Waals surface area contributed by atoms with Gasteiger partial charge in [0, 0.05) is 10.9 Å². The number of carbonyl (C=O) groups excluding carboxylic acids is 1. The fraction of sp³-hybridized carbons (Fsp3) is 0.417. The molecule has 0 saturated heterocycles. The molecule has 108 valence electrons. The second-order valence-corrected chi connectivity index (χ2v) is 6.51. The van der Waals surface area contributed by atoms with Crippen LogP contribution in [0.15, 0.2) is 5.51 Å². The summed E-state index contributed by atoms with van der Waals surface area (Å²) in [6.07, 6.45) is 0. The summed E-state index contributed by atoms with van der Waals surface area (Å²) in [5.41, 5.74) is 8.49. The number of thiazole rings is 2. The van der Waals surface area contributed by atoms with Crippen molar-refractivity contribution in [2.24, 2.45) is 0 Å². The van der Waals surface area contributed by atoms with E-state index in [0.29, 0.717) is 16.6 Å². The van der Waals surface area contributed by atoms with Crippen molar-refractivity contribution < 1.29 is 4.79 Å². The van der Waals surface area contributed by atoms with Crippen LogP contribution in [0.3, 0.4) is 0 Å². The van der Waals surface area contributed by atoms with Gasteiger partial charge in [0.25, 0.3) is 5.91 Å². The zero-order valence-corrected chi connectivity index (χ0v) is 13.2. The molecule has 0 bridgehead atoms. The third kappa shape index (κ3) is 3.45. The first-order valence-electron chi connectivity index (χ1n) is 6.17. The Labute approximate surface area is 125 Å². The molecule has 1 amide bonds. The van der Waals surface area contributed by atoms with E-state index < -0.39 is 0 Å². The third-order valence-corrected chi connectivity index (χ3v) is 4.46. The fourth-order valence-electron chi connectivity index (χ4n) is 1.54. The normalized spacial score (nSPS) is 10.8. The lowest BCUT2D eigenvalue weighted by Crippen LogP contribution is -2.22. The van der Waals surface area contributed by atoms with Crippen LogP contribution in [0, 0.1) is 6.92 Å². The molecule has 2 aromatic heterocycles. The van der Waals surface area contributed by atoms with Gasteiger partial charge in [0.15, 0.2) is 5.13 Å². The van der Waals surface area contributed by atoms with Gasteiger partial charge in [-0.05, 0) is 20.8 Å². The van der Waals surface area contributed by atoms with Gasteiger partial charge < -0.3 is 16.4 Å². The van der Waals surface area contributed by atoms with Crippen molar-refractivity contribution in [1.82, 2.24) is 15.3 Å². The molecule has 0 aromatic carbocycles. The highest BCUT2D eigenvalue weighted by Gasteiger charge is 2.16. The molecule has 0 saturated carbocycles. The number of hydrogen-bond donors (Lipinski definition) is 3. The topological polar surface area (TPSA) is 92.9 Å². The zero-order valence-electron chi connectivity index (χ0n) is 11.6. The van der Waals surface area contributed by atoms with Crippen molar-refractivity contribution in [1.29, 1.82) is 0 Å². The van der Waals surface area contributed by atoms with E-state index >= 15 is 0 Å². The van der Waals surface area contributed by atoms with Gasteiger partial charge in [0.05, 0.1) is 17.7 Å². The predicted octanol–water partition coefficient (Wildman–Crippen LogP) is 2.24. The molecule has 0 fully saturated rings. The maximum atomic E-state index is 12.1. The Bertz CT molecular complexity index is 605. The van der Waals surface area contributed by atoms with Crippen molar-refractivity contribution in [3.8, 4) is 0 Å². The van der Waals surface area contributed by atoms with Crippen molar-refractivity contribution in [3.05, 3.63) is 21.0 Å². The average Bonchev–Trinajstić information content (AvgIpc) is 2.92. The van der Waals surface area contributed by atoms with Gasteiger partial charge in [-0.3, -0.25) is 4.79 Å². The summed E-state index contributed by atoms with van der Waals surface area (Å²) in [6.45, 7) is 6.39. The van der Waals surface area contributed by atoms with E-state index in [1.54, 1.807) is 5.51 Å². The highest BCUT2D eigenvalue weighted by molar-refractivity contribution is 7.18. The summed E-state index contributed by atoms with van der Waals surface area (Å²) in [5, 5.41) is 6.65. The minimum absolute atomic E-state index is 0.204. The first-order valence-corrected chi connectivity index (χ1v) is 7.87. The maximum absolute atomic E-state index is 12.1. The average molecular weight is 311 g/mol. The number of hydrogen-bond acceptors (Lipinski definition) is 7. The van der Waals surface area contributed by atoms with Gasteiger partial charge >= 0.3 is 0 Å². The van der Waals surface area contributed by atoms with Gasteiger partial charge in [-0.1, -0.05) is 11.3 Å². The quantitative estimate of drug-likeness (QED) is 0.787. The van der Waals surface area contributed by atoms with Crippen LogP contribution < -0.4 is 16.4 Å². The van der Waals surface area contributed by atoms with Crippen LogP contribution in [0.1, 0.15) is 34.1 Å². The molecule has 0 aliphatic rings. The summed E-state index contributed by atoms with van der Waals surface area (Å²) in [4.78, 5) is 21.9. The molecule has 2 rings (SSSR count). The van der Waals surface area contributed by atoms with E-state index in [4.69, 9.17) is 5.73 Å². The number of nitrogen functional groups attached to an aromatic ring is 1. The monoisotopic (exact) mass is 311 g/mol. The second-order valence-electron chi connectivity index (χ2n) is 4.58. The molecule has 0 spiro atoms. The van der Waals surface area contributed by atoms with Crippen LogP contribution in [-0.4, -0.2) is 21.9 Å². The second kappa shape index (κ2) is 6.19. The Morgan fingerprint density at radius 3 is 2.85 bits per heavy atom. The molecule has 4 N–H and O–H groups in total. The summed E-state index contributed by atoms with van der Waals surface area (Å²) < 4.78 is 0. The van der Waals surface area contributed by atoms with Gasteiger partial charge in [0.1, 0.15) is 10.7 Å². The van der Waals surface area contributed by atoms with E-state index in [9.17, 15) is 4.79 Å². The van der Waals surface area contributed by atoms with Gasteiger partial charge in [0.2, 0.25) is 0 Å². The van der Waals surface area contributed by atoms with Crippen LogP contribution in [0.4, 0.5) is 10.9 Å². The minimum atomic E-state index is -0.204. The van der Waals surface area contributed by atoms with E-state index in [1.807, 2.05) is 20.8 Å². The fourth-order valence-corrected chi connectivity index (χ4v) is 3.20. The predicted molar refractivity (Wildman–Crippen MR) is 83.3 cm³/mol. The molecule has 8 heteroatoms. The number of nitrogens with one attached hydrogen (secondary N) is 2. The van der Waals surface area contributed by atoms with Crippen LogP contribution >= 0.6 is 22.7 Å². The van der Waals surface area contributed by atoms with E-state index in [1.165, 1.54) is 22.7 Å². The molecular weight excluding hydrogens is 294 g/mol. The highest BCUT2D eigenvalue weighted by Crippen LogP contribution is 2.25. The number of amides is 1. The number of carbonyl (C=O) groups is 1. The Kier molecular flexibility index (Phi) is 4.56. The van der Waals surface area contributed by atoms with Crippen LogP contribution in [0.5, 0.6) is 0 Å². The first-order chi connectivity index (χ1) is 9.47. The molecule has 2 aromatic rings. The molecule has 0 aliphatic heterocycles. The lowest BCUT2D eigenvalue weighted by Gasteiger charge is -2.04. The zero-order chi connectivity index (χ0) is 14.7. The maximum Gasteiger partial charge on any atom is 0.265 e. The molecule has 0 unspecified atom stereocenters. The molecular formula is C12H17N5OS2. The number of anilines is 2. The molecule has 6 nitrogen and oxygen atoms in total. The summed E-state index contributed by atoms with van der Waals surface area (Å²) >= 11 is 2.79. The number of rotatable bonds is 5. The molecule has 0 aliphatic carbocycles. The van der Waals surface area contributed by atoms with Crippen molar-refractivity contribution >= 4 is 39.5 Å². The van der Waals surface area contributed by atoms with Gasteiger partial charge in [-0.25, -0.2) is 9.97 Å². The Balaban J connectivity index is 2.02. The Morgan fingerprint density at radius 2 is 2.25 bits per heavy atom. The summed E-state index contributed by atoms with van der Waals surface area (Å²) in [5.74, 6) is 0.0567. The Hall–Kier alpha value is -1.67. The standard InChI is InChI=1S/C12H17N5OS2/c1-6(2)16-12-17-10(13)9(20-12)11(18)14-4-8-7(3)15-5-19-8/h5-6H,4,13H2,1-3H3,(H,14,18)(H,16,17). The SMILES string of the molecule is Cc1ncsc1CNC(=O)c1sc(NC(C)C)nc1N. The van der Waals surface area contributed by atoms with E-state index in [0.717, 1.165) is 10.6 Å². The van der Waals surface area contributed by atoms with Crippen molar-refractivity contribution in [3.63, 3.8) is 0 Å². The van der Waals surface area contributed by atoms with Crippen molar-refractivity contribution in [2.75, 3.05) is 11.1 Å². The number of aromatic nitrogens is 2. The van der Waals surface area contributed by atoms with Crippen molar-refractivity contribution in [2.45, 2.75) is 33.4 Å². The van der Waals surface area contributed by atoms with E-state index in [2.05, 4.69) is 20.6 Å². The van der Waals surface area contributed by atoms with E-state index in [-0.39, 0.29) is 17.8 Å². The van der Waals surface area contributed by atoms with Crippen LogP contribution in [0.25, 0.3) is 0 Å². The van der Waals surface area contributed by atoms with Crippen LogP contribution in [-0.2, 0) is 6.54 Å². The third-order valence-electron chi connectivity index (χ3n) is 2.53. The lowest BCUT2D eigenvalue weighted by atomic mass is 10.4. The number of nitrogens with two attached hydrogens (primary N) is 1. The lowest BCUT2D eigenvalue weighted by molar-refractivity contribution is 0.0956. The first kappa shape index (κ1) is 14.7. The summed E-state index contributed by atoms with van der Waals surface area (Å²) in [7, 11) is 0. The Morgan fingerprint density at radius 1 is 1.50 bits per heavy atom.